The molecular weight excluding hydrogens is 298 g/mol. The van der Waals surface area contributed by atoms with Gasteiger partial charge < -0.3 is 10.2 Å². The number of hydrogen-bond acceptors (Lipinski definition) is 3. The molecule has 1 aliphatic heterocycles. The molecule has 0 atom stereocenters. The van der Waals surface area contributed by atoms with Crippen molar-refractivity contribution < 1.29 is 24.6 Å². The van der Waals surface area contributed by atoms with Crippen molar-refractivity contribution in [3.05, 3.63) is 0 Å². The minimum absolute atomic E-state index is 0.0286. The molecule has 1 aliphatic rings. The molecular formula is C17H31NO5. The SMILES string of the molecule is CCCCCCCCCCCC(=O)N1CCCC1=O.O=C(O)O. The van der Waals surface area contributed by atoms with Crippen LogP contribution in [0, 0.1) is 0 Å². The highest BCUT2D eigenvalue weighted by atomic mass is 16.6. The van der Waals surface area contributed by atoms with Crippen LogP contribution in [-0.4, -0.2) is 39.6 Å². The average Bonchev–Trinajstić information content (AvgIpc) is 2.91. The Morgan fingerprint density at radius 1 is 0.957 bits per heavy atom. The zero-order valence-corrected chi connectivity index (χ0v) is 14.3. The van der Waals surface area contributed by atoms with Crippen LogP contribution in [0.25, 0.3) is 0 Å². The van der Waals surface area contributed by atoms with E-state index in [2.05, 4.69) is 6.92 Å². The Balaban J connectivity index is 0.00000108. The van der Waals surface area contributed by atoms with Crippen LogP contribution in [0.1, 0.15) is 84.0 Å². The van der Waals surface area contributed by atoms with Crippen LogP contribution in [0.2, 0.25) is 0 Å². The van der Waals surface area contributed by atoms with Crippen LogP contribution < -0.4 is 0 Å². The molecule has 0 aliphatic carbocycles. The van der Waals surface area contributed by atoms with E-state index in [-0.39, 0.29) is 11.8 Å². The molecule has 1 heterocycles. The van der Waals surface area contributed by atoms with Crippen molar-refractivity contribution in [2.75, 3.05) is 6.54 Å². The third kappa shape index (κ3) is 12.6. The Bertz CT molecular complexity index is 353. The van der Waals surface area contributed by atoms with Gasteiger partial charge in [0, 0.05) is 19.4 Å². The summed E-state index contributed by atoms with van der Waals surface area (Å²) >= 11 is 0. The molecule has 6 heteroatoms. The van der Waals surface area contributed by atoms with Crippen LogP contribution in [0.15, 0.2) is 0 Å². The minimum Gasteiger partial charge on any atom is -0.450 e. The molecule has 1 rings (SSSR count). The maximum atomic E-state index is 11.8. The van der Waals surface area contributed by atoms with Gasteiger partial charge in [-0.1, -0.05) is 58.3 Å². The number of carboxylic acid groups (broad SMARTS) is 2. The summed E-state index contributed by atoms with van der Waals surface area (Å²) < 4.78 is 0. The van der Waals surface area contributed by atoms with Crippen molar-refractivity contribution in [2.45, 2.75) is 84.0 Å². The van der Waals surface area contributed by atoms with Crippen LogP contribution >= 0.6 is 0 Å². The van der Waals surface area contributed by atoms with Gasteiger partial charge in [0.15, 0.2) is 0 Å². The highest BCUT2D eigenvalue weighted by Crippen LogP contribution is 2.14. The zero-order chi connectivity index (χ0) is 17.5. The van der Waals surface area contributed by atoms with E-state index in [1.807, 2.05) is 0 Å². The van der Waals surface area contributed by atoms with Crippen LogP contribution in [0.4, 0.5) is 4.79 Å². The van der Waals surface area contributed by atoms with Crippen molar-refractivity contribution in [1.29, 1.82) is 0 Å². The van der Waals surface area contributed by atoms with E-state index in [9.17, 15) is 9.59 Å². The van der Waals surface area contributed by atoms with E-state index >= 15 is 0 Å². The van der Waals surface area contributed by atoms with E-state index < -0.39 is 6.16 Å². The molecule has 0 bridgehead atoms. The lowest BCUT2D eigenvalue weighted by Crippen LogP contribution is -2.31. The molecule has 0 radical (unpaired) electrons. The van der Waals surface area contributed by atoms with E-state index in [1.54, 1.807) is 0 Å². The summed E-state index contributed by atoms with van der Waals surface area (Å²) in [5.41, 5.74) is 0. The van der Waals surface area contributed by atoms with Gasteiger partial charge in [0.1, 0.15) is 0 Å². The number of carbonyl (C=O) groups excluding carboxylic acids is 2. The lowest BCUT2D eigenvalue weighted by molar-refractivity contribution is -0.141. The van der Waals surface area contributed by atoms with Crippen molar-refractivity contribution in [1.82, 2.24) is 4.90 Å². The molecule has 134 valence electrons. The number of imide groups is 1. The van der Waals surface area contributed by atoms with Crippen molar-refractivity contribution in [2.24, 2.45) is 0 Å². The fraction of sp³-hybridized carbons (Fsp3) is 0.824. The van der Waals surface area contributed by atoms with Crippen molar-refractivity contribution in [3.63, 3.8) is 0 Å². The third-order valence-electron chi connectivity index (χ3n) is 3.87. The molecule has 0 unspecified atom stereocenters. The summed E-state index contributed by atoms with van der Waals surface area (Å²) in [5, 5.41) is 13.9. The fourth-order valence-corrected chi connectivity index (χ4v) is 2.63. The molecule has 6 nitrogen and oxygen atoms in total. The topological polar surface area (TPSA) is 94.9 Å². The van der Waals surface area contributed by atoms with Gasteiger partial charge in [-0.2, -0.15) is 0 Å². The first-order valence-corrected chi connectivity index (χ1v) is 8.74. The van der Waals surface area contributed by atoms with Gasteiger partial charge in [-0.3, -0.25) is 14.5 Å². The number of carbonyl (C=O) groups is 3. The number of hydrogen-bond donors (Lipinski definition) is 2. The van der Waals surface area contributed by atoms with Gasteiger partial charge in [0.25, 0.3) is 0 Å². The Morgan fingerprint density at radius 3 is 1.87 bits per heavy atom. The molecule has 0 aromatic heterocycles. The second-order valence-electron chi connectivity index (χ2n) is 5.90. The summed E-state index contributed by atoms with van der Waals surface area (Å²) in [4.78, 5) is 33.2. The molecule has 0 aromatic carbocycles. The minimum atomic E-state index is -1.83. The molecule has 1 saturated heterocycles. The first-order valence-electron chi connectivity index (χ1n) is 8.74. The van der Waals surface area contributed by atoms with Gasteiger partial charge >= 0.3 is 6.16 Å². The van der Waals surface area contributed by atoms with Gasteiger partial charge in [-0.05, 0) is 12.8 Å². The quantitative estimate of drug-likeness (QED) is 0.583. The Morgan fingerprint density at radius 2 is 1.43 bits per heavy atom. The van der Waals surface area contributed by atoms with Crippen LogP contribution in [-0.2, 0) is 9.59 Å². The maximum absolute atomic E-state index is 11.8. The second-order valence-corrected chi connectivity index (χ2v) is 5.90. The second kappa shape index (κ2) is 14.0. The molecule has 2 amide bonds. The van der Waals surface area contributed by atoms with Crippen LogP contribution in [0.5, 0.6) is 0 Å². The number of likely N-dealkylation sites (tertiary alicyclic amines) is 1. The van der Waals surface area contributed by atoms with Crippen molar-refractivity contribution >= 4 is 18.0 Å². The molecule has 1 fully saturated rings. The van der Waals surface area contributed by atoms with Gasteiger partial charge in [0.05, 0.1) is 0 Å². The Hall–Kier alpha value is -1.59. The standard InChI is InChI=1S/C16H29NO2.CH2O3/c1-2-3-4-5-6-7-8-9-10-12-15(18)17-14-11-13-16(17)19;2-1(3)4/h2-14H2,1H3;(H2,2,3,4). The smallest absolute Gasteiger partial charge is 0.450 e. The normalized spacial score (nSPS) is 13.6. The van der Waals surface area contributed by atoms with E-state index in [0.29, 0.717) is 19.4 Å². The number of unbranched alkanes of at least 4 members (excludes halogenated alkanes) is 8. The number of rotatable bonds is 10. The number of amides is 2. The maximum Gasteiger partial charge on any atom is 0.503 e. The van der Waals surface area contributed by atoms with Crippen molar-refractivity contribution in [3.8, 4) is 0 Å². The van der Waals surface area contributed by atoms with Gasteiger partial charge in [-0.15, -0.1) is 0 Å². The van der Waals surface area contributed by atoms with Gasteiger partial charge in [0.2, 0.25) is 11.8 Å². The number of nitrogens with zero attached hydrogens (tertiary/aromatic N) is 1. The lowest BCUT2D eigenvalue weighted by Gasteiger charge is -2.12. The summed E-state index contributed by atoms with van der Waals surface area (Å²) in [5.74, 6) is 0.0753. The summed E-state index contributed by atoms with van der Waals surface area (Å²) in [6.45, 7) is 2.89. The first-order chi connectivity index (χ1) is 11.0. The summed E-state index contributed by atoms with van der Waals surface area (Å²) in [7, 11) is 0. The van der Waals surface area contributed by atoms with E-state index in [4.69, 9.17) is 15.0 Å². The predicted molar refractivity (Wildman–Crippen MR) is 88.5 cm³/mol. The highest BCUT2D eigenvalue weighted by Gasteiger charge is 2.25. The Kier molecular flexibility index (Phi) is 13.1. The van der Waals surface area contributed by atoms with E-state index in [1.165, 1.54) is 49.8 Å². The van der Waals surface area contributed by atoms with Crippen LogP contribution in [0.3, 0.4) is 0 Å². The fourth-order valence-electron chi connectivity index (χ4n) is 2.63. The van der Waals surface area contributed by atoms with E-state index in [0.717, 1.165) is 19.3 Å². The first kappa shape index (κ1) is 21.4. The molecule has 0 spiro atoms. The molecule has 2 N–H and O–H groups in total. The summed E-state index contributed by atoms with van der Waals surface area (Å²) in [6, 6.07) is 0. The zero-order valence-electron chi connectivity index (χ0n) is 14.3. The Labute approximate surface area is 138 Å². The van der Waals surface area contributed by atoms with Gasteiger partial charge in [-0.25, -0.2) is 4.79 Å². The lowest BCUT2D eigenvalue weighted by atomic mass is 10.1. The molecule has 0 aromatic rings. The third-order valence-corrected chi connectivity index (χ3v) is 3.87. The molecule has 23 heavy (non-hydrogen) atoms. The summed E-state index contributed by atoms with van der Waals surface area (Å²) in [6.07, 6.45) is 11.4. The average molecular weight is 329 g/mol. The monoisotopic (exact) mass is 329 g/mol. The predicted octanol–water partition coefficient (Wildman–Crippen LogP) is 4.28. The highest BCUT2D eigenvalue weighted by molar-refractivity contribution is 5.96. The largest absolute Gasteiger partial charge is 0.503 e. The molecule has 0 saturated carbocycles.